The summed E-state index contributed by atoms with van der Waals surface area (Å²) in [5.74, 6) is 0. The van der Waals surface area contributed by atoms with E-state index in [1.165, 1.54) is 17.6 Å². The second kappa shape index (κ2) is 6.45. The molecule has 0 saturated carbocycles. The van der Waals surface area contributed by atoms with Crippen LogP contribution < -0.4 is 0 Å². The van der Waals surface area contributed by atoms with E-state index in [1.54, 1.807) is 0 Å². The van der Waals surface area contributed by atoms with Gasteiger partial charge in [-0.3, -0.25) is 0 Å². The minimum absolute atomic E-state index is 0.435. The van der Waals surface area contributed by atoms with Gasteiger partial charge in [0.15, 0.2) is 0 Å². The molecule has 17 heavy (non-hydrogen) atoms. The highest BCUT2D eigenvalue weighted by molar-refractivity contribution is 5.64. The topological polar surface area (TPSA) is 18.5 Å². The lowest BCUT2D eigenvalue weighted by Crippen LogP contribution is -2.27. The lowest BCUT2D eigenvalue weighted by Gasteiger charge is -2.25. The lowest BCUT2D eigenvalue weighted by atomic mass is 10.1. The predicted octanol–water partition coefficient (Wildman–Crippen LogP) is 3.63. The average Bonchev–Trinajstić information content (AvgIpc) is 2.33. The second-order valence-electron chi connectivity index (χ2n) is 4.30. The minimum Gasteiger partial charge on any atom is -0.501 e. The van der Waals surface area contributed by atoms with Crippen LogP contribution in [-0.2, 0) is 9.47 Å². The Labute approximate surface area is 103 Å². The molecule has 1 saturated heterocycles. The fourth-order valence-corrected chi connectivity index (χ4v) is 1.88. The third-order valence-electron chi connectivity index (χ3n) is 3.10. The third kappa shape index (κ3) is 3.60. The molecule has 0 bridgehead atoms. The van der Waals surface area contributed by atoms with Gasteiger partial charge in [-0.2, -0.15) is 0 Å². The molecule has 0 amide bonds. The normalized spacial score (nSPS) is 19.8. The molecule has 2 nitrogen and oxygen atoms in total. The Kier molecular flexibility index (Phi) is 4.63. The highest BCUT2D eigenvalue weighted by Crippen LogP contribution is 2.18. The highest BCUT2D eigenvalue weighted by Gasteiger charge is 2.17. The molecular weight excluding hydrogens is 212 g/mol. The van der Waals surface area contributed by atoms with Crippen LogP contribution in [0.5, 0.6) is 0 Å². The van der Waals surface area contributed by atoms with E-state index in [0.29, 0.717) is 6.10 Å². The van der Waals surface area contributed by atoms with Crippen molar-refractivity contribution in [3.05, 3.63) is 42.2 Å². The molecule has 2 heteroatoms. The summed E-state index contributed by atoms with van der Waals surface area (Å²) in [6.07, 6.45) is 5.51. The van der Waals surface area contributed by atoms with E-state index in [0.717, 1.165) is 26.1 Å². The summed E-state index contributed by atoms with van der Waals surface area (Å²) >= 11 is 0. The van der Waals surface area contributed by atoms with E-state index in [1.807, 2.05) is 12.3 Å². The second-order valence-corrected chi connectivity index (χ2v) is 4.30. The lowest BCUT2D eigenvalue weighted by molar-refractivity contribution is -0.0617. The van der Waals surface area contributed by atoms with Crippen LogP contribution in [0, 0.1) is 0 Å². The van der Waals surface area contributed by atoms with E-state index >= 15 is 0 Å². The largest absolute Gasteiger partial charge is 0.501 e. The first-order valence-corrected chi connectivity index (χ1v) is 6.38. The van der Waals surface area contributed by atoms with E-state index < -0.39 is 0 Å². The van der Waals surface area contributed by atoms with Crippen molar-refractivity contribution in [2.24, 2.45) is 0 Å². The molecule has 0 radical (unpaired) electrons. The van der Waals surface area contributed by atoms with Gasteiger partial charge < -0.3 is 9.47 Å². The van der Waals surface area contributed by atoms with Gasteiger partial charge in [0, 0.05) is 13.0 Å². The summed E-state index contributed by atoms with van der Waals surface area (Å²) in [7, 11) is 0. The van der Waals surface area contributed by atoms with Crippen LogP contribution in [0.1, 0.15) is 31.7 Å². The van der Waals surface area contributed by atoms with Gasteiger partial charge in [0.1, 0.15) is 0 Å². The predicted molar refractivity (Wildman–Crippen MR) is 69.6 cm³/mol. The Balaban J connectivity index is 1.80. The molecule has 92 valence electrons. The van der Waals surface area contributed by atoms with Gasteiger partial charge in [-0.15, -0.1) is 0 Å². The van der Waals surface area contributed by atoms with Gasteiger partial charge in [-0.05, 0) is 24.0 Å². The maximum absolute atomic E-state index is 5.61. The molecule has 1 fully saturated rings. The van der Waals surface area contributed by atoms with E-state index in [4.69, 9.17) is 9.47 Å². The maximum Gasteiger partial charge on any atom is 0.0898 e. The Hall–Kier alpha value is -1.28. The van der Waals surface area contributed by atoms with Crippen molar-refractivity contribution in [2.45, 2.75) is 32.3 Å². The third-order valence-corrected chi connectivity index (χ3v) is 3.10. The summed E-state index contributed by atoms with van der Waals surface area (Å²) in [5.41, 5.74) is 2.50. The molecule has 1 heterocycles. The number of rotatable bonds is 6. The first kappa shape index (κ1) is 12.2. The standard InChI is InChI=1S/C15H20O2/c1-2-13(14-6-4-3-5-7-14)12-16-10-8-15-9-11-17-15/h3-7,12,15H,2,8-11H2,1H3. The van der Waals surface area contributed by atoms with Crippen molar-refractivity contribution in [1.82, 2.24) is 0 Å². The van der Waals surface area contributed by atoms with Crippen molar-refractivity contribution >= 4 is 5.57 Å². The molecule has 1 aliphatic heterocycles. The molecule has 1 aromatic rings. The van der Waals surface area contributed by atoms with Crippen LogP contribution in [0.15, 0.2) is 36.6 Å². The van der Waals surface area contributed by atoms with Gasteiger partial charge in [-0.1, -0.05) is 37.3 Å². The monoisotopic (exact) mass is 232 g/mol. The van der Waals surface area contributed by atoms with E-state index in [2.05, 4.69) is 31.2 Å². The number of ether oxygens (including phenoxy) is 2. The summed E-state index contributed by atoms with van der Waals surface area (Å²) in [6, 6.07) is 10.4. The Morgan fingerprint density at radius 3 is 2.76 bits per heavy atom. The molecular formula is C15H20O2. The number of hydrogen-bond acceptors (Lipinski definition) is 2. The van der Waals surface area contributed by atoms with Crippen LogP contribution in [0.2, 0.25) is 0 Å². The summed E-state index contributed by atoms with van der Waals surface area (Å²) in [4.78, 5) is 0. The summed E-state index contributed by atoms with van der Waals surface area (Å²) in [6.45, 7) is 3.82. The van der Waals surface area contributed by atoms with Crippen molar-refractivity contribution in [3.63, 3.8) is 0 Å². The number of allylic oxidation sites excluding steroid dienone is 1. The van der Waals surface area contributed by atoms with Crippen molar-refractivity contribution in [2.75, 3.05) is 13.2 Å². The van der Waals surface area contributed by atoms with Crippen LogP contribution in [0.3, 0.4) is 0 Å². The molecule has 0 N–H and O–H groups in total. The molecule has 1 aromatic carbocycles. The summed E-state index contributed by atoms with van der Waals surface area (Å²) < 4.78 is 11.0. The Morgan fingerprint density at radius 2 is 2.18 bits per heavy atom. The zero-order chi connectivity index (χ0) is 11.9. The number of hydrogen-bond donors (Lipinski definition) is 0. The van der Waals surface area contributed by atoms with Crippen molar-refractivity contribution in [1.29, 1.82) is 0 Å². The van der Waals surface area contributed by atoms with E-state index in [-0.39, 0.29) is 0 Å². The quantitative estimate of drug-likeness (QED) is 0.551. The SMILES string of the molecule is CCC(=COCCC1CCO1)c1ccccc1. The van der Waals surface area contributed by atoms with Crippen LogP contribution >= 0.6 is 0 Å². The van der Waals surface area contributed by atoms with Crippen LogP contribution in [-0.4, -0.2) is 19.3 Å². The highest BCUT2D eigenvalue weighted by atomic mass is 16.5. The zero-order valence-electron chi connectivity index (χ0n) is 10.4. The Bertz CT molecular complexity index is 352. The molecule has 1 unspecified atom stereocenters. The number of benzene rings is 1. The molecule has 1 aliphatic rings. The average molecular weight is 232 g/mol. The van der Waals surface area contributed by atoms with Gasteiger partial charge in [-0.25, -0.2) is 0 Å². The van der Waals surface area contributed by atoms with Gasteiger partial charge in [0.05, 0.1) is 19.0 Å². The zero-order valence-corrected chi connectivity index (χ0v) is 10.4. The van der Waals surface area contributed by atoms with E-state index in [9.17, 15) is 0 Å². The van der Waals surface area contributed by atoms with Gasteiger partial charge >= 0.3 is 0 Å². The first-order valence-electron chi connectivity index (χ1n) is 6.38. The van der Waals surface area contributed by atoms with Gasteiger partial charge in [0.25, 0.3) is 0 Å². The molecule has 0 aliphatic carbocycles. The fraction of sp³-hybridized carbons (Fsp3) is 0.467. The van der Waals surface area contributed by atoms with Crippen LogP contribution in [0.25, 0.3) is 5.57 Å². The molecule has 1 atom stereocenters. The first-order chi connectivity index (χ1) is 8.40. The van der Waals surface area contributed by atoms with Crippen LogP contribution in [0.4, 0.5) is 0 Å². The molecule has 2 rings (SSSR count). The summed E-state index contributed by atoms with van der Waals surface area (Å²) in [5, 5.41) is 0. The maximum atomic E-state index is 5.61. The molecule has 0 spiro atoms. The smallest absolute Gasteiger partial charge is 0.0898 e. The molecule has 0 aromatic heterocycles. The fourth-order valence-electron chi connectivity index (χ4n) is 1.88. The van der Waals surface area contributed by atoms with Crippen molar-refractivity contribution < 1.29 is 9.47 Å². The Morgan fingerprint density at radius 1 is 1.41 bits per heavy atom. The minimum atomic E-state index is 0.435. The van der Waals surface area contributed by atoms with Crippen molar-refractivity contribution in [3.8, 4) is 0 Å². The van der Waals surface area contributed by atoms with Gasteiger partial charge in [0.2, 0.25) is 0 Å².